The number of hydrogen-bond donors (Lipinski definition) is 1. The second-order valence-corrected chi connectivity index (χ2v) is 7.33. The van der Waals surface area contributed by atoms with E-state index in [0.29, 0.717) is 0 Å². The van der Waals surface area contributed by atoms with E-state index in [1.165, 1.54) is 53.5 Å². The van der Waals surface area contributed by atoms with Crippen LogP contribution in [-0.4, -0.2) is 55.1 Å². The third-order valence-corrected chi connectivity index (χ3v) is 5.65. The Morgan fingerprint density at radius 3 is 2.61 bits per heavy atom. The lowest BCUT2D eigenvalue weighted by molar-refractivity contribution is 0.255. The molecule has 23 heavy (non-hydrogen) atoms. The molecule has 0 unspecified atom stereocenters. The van der Waals surface area contributed by atoms with E-state index in [4.69, 9.17) is 0 Å². The maximum atomic E-state index is 3.47. The number of piperidine rings is 1. The van der Waals surface area contributed by atoms with Gasteiger partial charge in [-0.15, -0.1) is 0 Å². The van der Waals surface area contributed by atoms with Gasteiger partial charge in [-0.05, 0) is 75.6 Å². The standard InChI is InChI=1S/C20H27N3/c1-22-9-5-15(6-10-22)17-3-4-20-18(13-17)19(14-21-20)16-7-11-23(2)12-8-16/h3-4,7,13-15,21H,5-6,8-12H2,1-2H3. The Bertz CT molecular complexity index is 720. The van der Waals surface area contributed by atoms with E-state index in [0.717, 1.165) is 25.4 Å². The number of nitrogens with zero attached hydrogens (tertiary/aromatic N) is 2. The molecule has 2 aliphatic heterocycles. The minimum Gasteiger partial charge on any atom is -0.361 e. The molecule has 0 radical (unpaired) electrons. The van der Waals surface area contributed by atoms with Gasteiger partial charge in [0, 0.05) is 35.8 Å². The van der Waals surface area contributed by atoms with Crippen LogP contribution in [0, 0.1) is 0 Å². The Balaban J connectivity index is 1.66. The van der Waals surface area contributed by atoms with Gasteiger partial charge in [-0.1, -0.05) is 12.1 Å². The van der Waals surface area contributed by atoms with E-state index in [-0.39, 0.29) is 0 Å². The second kappa shape index (κ2) is 6.14. The van der Waals surface area contributed by atoms with Crippen LogP contribution in [0.2, 0.25) is 0 Å². The molecule has 0 bridgehead atoms. The monoisotopic (exact) mass is 309 g/mol. The van der Waals surface area contributed by atoms with Gasteiger partial charge in [-0.3, -0.25) is 0 Å². The topological polar surface area (TPSA) is 22.3 Å². The van der Waals surface area contributed by atoms with Crippen LogP contribution in [0.25, 0.3) is 16.5 Å². The van der Waals surface area contributed by atoms with Crippen LogP contribution in [0.3, 0.4) is 0 Å². The maximum absolute atomic E-state index is 3.47. The molecule has 1 aromatic carbocycles. The smallest absolute Gasteiger partial charge is 0.0460 e. The molecule has 3 heterocycles. The fourth-order valence-electron chi connectivity index (χ4n) is 4.02. The van der Waals surface area contributed by atoms with Crippen LogP contribution in [0.1, 0.15) is 36.3 Å². The van der Waals surface area contributed by atoms with Gasteiger partial charge in [-0.25, -0.2) is 0 Å². The summed E-state index contributed by atoms with van der Waals surface area (Å²) in [6.07, 6.45) is 8.33. The van der Waals surface area contributed by atoms with E-state index in [9.17, 15) is 0 Å². The van der Waals surface area contributed by atoms with Crippen molar-refractivity contribution in [3.8, 4) is 0 Å². The number of fused-ring (bicyclic) bond motifs is 1. The average Bonchev–Trinajstić information content (AvgIpc) is 2.99. The van der Waals surface area contributed by atoms with Gasteiger partial charge in [0.25, 0.3) is 0 Å². The van der Waals surface area contributed by atoms with Gasteiger partial charge < -0.3 is 14.8 Å². The Morgan fingerprint density at radius 2 is 1.87 bits per heavy atom. The quantitative estimate of drug-likeness (QED) is 0.914. The van der Waals surface area contributed by atoms with E-state index >= 15 is 0 Å². The normalized spacial score (nSPS) is 21.7. The number of likely N-dealkylation sites (N-methyl/N-ethyl adjacent to an activating group) is 1. The van der Waals surface area contributed by atoms with E-state index in [1.807, 2.05) is 0 Å². The van der Waals surface area contributed by atoms with Crippen LogP contribution in [-0.2, 0) is 0 Å². The lowest BCUT2D eigenvalue weighted by Crippen LogP contribution is -2.29. The minimum atomic E-state index is 0.727. The minimum absolute atomic E-state index is 0.727. The molecular formula is C20H27N3. The fraction of sp³-hybridized carbons (Fsp3) is 0.500. The zero-order valence-corrected chi connectivity index (χ0v) is 14.3. The molecule has 1 N–H and O–H groups in total. The van der Waals surface area contributed by atoms with Gasteiger partial charge in [0.1, 0.15) is 0 Å². The van der Waals surface area contributed by atoms with Crippen molar-refractivity contribution in [1.29, 1.82) is 0 Å². The summed E-state index contributed by atoms with van der Waals surface area (Å²) in [5.74, 6) is 0.727. The summed E-state index contributed by atoms with van der Waals surface area (Å²) >= 11 is 0. The average molecular weight is 309 g/mol. The number of benzene rings is 1. The SMILES string of the molecule is CN1CC=C(c2c[nH]c3ccc(C4CCN(C)CC4)cc23)CC1. The number of rotatable bonds is 2. The Labute approximate surface area is 139 Å². The Hall–Kier alpha value is -1.58. The molecule has 3 nitrogen and oxygen atoms in total. The highest BCUT2D eigenvalue weighted by Crippen LogP contribution is 2.33. The third-order valence-electron chi connectivity index (χ3n) is 5.65. The van der Waals surface area contributed by atoms with Crippen LogP contribution in [0.4, 0.5) is 0 Å². The summed E-state index contributed by atoms with van der Waals surface area (Å²) in [7, 11) is 4.43. The first-order chi connectivity index (χ1) is 11.2. The number of likely N-dealkylation sites (tertiary alicyclic amines) is 1. The Morgan fingerprint density at radius 1 is 1.04 bits per heavy atom. The summed E-state index contributed by atoms with van der Waals surface area (Å²) in [5.41, 5.74) is 5.73. The summed E-state index contributed by atoms with van der Waals surface area (Å²) < 4.78 is 0. The van der Waals surface area contributed by atoms with E-state index in [2.05, 4.69) is 59.4 Å². The molecule has 122 valence electrons. The van der Waals surface area contributed by atoms with Crippen LogP contribution < -0.4 is 0 Å². The number of hydrogen-bond acceptors (Lipinski definition) is 2. The highest BCUT2D eigenvalue weighted by Gasteiger charge is 2.20. The molecule has 0 spiro atoms. The molecule has 0 atom stereocenters. The fourth-order valence-corrected chi connectivity index (χ4v) is 4.02. The highest BCUT2D eigenvalue weighted by molar-refractivity contribution is 5.93. The van der Waals surface area contributed by atoms with E-state index < -0.39 is 0 Å². The zero-order chi connectivity index (χ0) is 15.8. The zero-order valence-electron chi connectivity index (χ0n) is 14.3. The summed E-state index contributed by atoms with van der Waals surface area (Å²) in [4.78, 5) is 8.29. The molecule has 1 aromatic heterocycles. The van der Waals surface area contributed by atoms with Crippen molar-refractivity contribution in [3.05, 3.63) is 41.6 Å². The van der Waals surface area contributed by atoms with Gasteiger partial charge in [0.2, 0.25) is 0 Å². The van der Waals surface area contributed by atoms with Crippen molar-refractivity contribution in [2.24, 2.45) is 0 Å². The molecular weight excluding hydrogens is 282 g/mol. The van der Waals surface area contributed by atoms with Crippen molar-refractivity contribution < 1.29 is 0 Å². The van der Waals surface area contributed by atoms with Gasteiger partial charge in [0.15, 0.2) is 0 Å². The number of nitrogens with one attached hydrogen (secondary N) is 1. The van der Waals surface area contributed by atoms with Crippen molar-refractivity contribution in [1.82, 2.24) is 14.8 Å². The molecule has 2 aliphatic rings. The number of H-pyrrole nitrogens is 1. The molecule has 0 aliphatic carbocycles. The molecule has 0 amide bonds. The molecule has 3 heteroatoms. The summed E-state index contributed by atoms with van der Waals surface area (Å²) in [5, 5.41) is 1.41. The first-order valence-electron chi connectivity index (χ1n) is 8.88. The first kappa shape index (κ1) is 15.0. The summed E-state index contributed by atoms with van der Waals surface area (Å²) in [6.45, 7) is 4.67. The summed E-state index contributed by atoms with van der Waals surface area (Å²) in [6, 6.07) is 7.07. The Kier molecular flexibility index (Phi) is 4.00. The molecule has 1 saturated heterocycles. The van der Waals surface area contributed by atoms with Gasteiger partial charge in [0.05, 0.1) is 0 Å². The largest absolute Gasteiger partial charge is 0.361 e. The van der Waals surface area contributed by atoms with Crippen molar-refractivity contribution in [2.75, 3.05) is 40.3 Å². The lowest BCUT2D eigenvalue weighted by atomic mass is 9.88. The predicted octanol–water partition coefficient (Wildman–Crippen LogP) is 3.70. The molecule has 0 saturated carbocycles. The van der Waals surface area contributed by atoms with Crippen LogP contribution >= 0.6 is 0 Å². The molecule has 4 rings (SSSR count). The number of aromatic nitrogens is 1. The van der Waals surface area contributed by atoms with Crippen LogP contribution in [0.15, 0.2) is 30.5 Å². The molecule has 2 aromatic rings. The van der Waals surface area contributed by atoms with Crippen molar-refractivity contribution in [2.45, 2.75) is 25.2 Å². The van der Waals surface area contributed by atoms with Crippen molar-refractivity contribution in [3.63, 3.8) is 0 Å². The predicted molar refractivity (Wildman–Crippen MR) is 97.9 cm³/mol. The first-order valence-corrected chi connectivity index (χ1v) is 8.88. The maximum Gasteiger partial charge on any atom is 0.0460 e. The third kappa shape index (κ3) is 2.96. The molecule has 1 fully saturated rings. The highest BCUT2D eigenvalue weighted by atomic mass is 15.1. The van der Waals surface area contributed by atoms with Crippen molar-refractivity contribution >= 4 is 16.5 Å². The van der Waals surface area contributed by atoms with Gasteiger partial charge >= 0.3 is 0 Å². The number of aromatic amines is 1. The second-order valence-electron chi connectivity index (χ2n) is 7.33. The van der Waals surface area contributed by atoms with Gasteiger partial charge in [-0.2, -0.15) is 0 Å². The van der Waals surface area contributed by atoms with E-state index in [1.54, 1.807) is 0 Å². The van der Waals surface area contributed by atoms with Crippen LogP contribution in [0.5, 0.6) is 0 Å². The lowest BCUT2D eigenvalue weighted by Gasteiger charge is -2.29.